The van der Waals surface area contributed by atoms with Crippen LogP contribution in [-0.4, -0.2) is 48.2 Å². The summed E-state index contributed by atoms with van der Waals surface area (Å²) in [4.78, 5) is 26.6. The molecular formula is C15H21NO4. The number of likely N-dealkylation sites (tertiary alicyclic amines) is 1. The first-order valence-corrected chi connectivity index (χ1v) is 7.31. The number of fused-ring (bicyclic) bond motifs is 1. The third-order valence-electron chi connectivity index (χ3n) is 4.32. The van der Waals surface area contributed by atoms with Gasteiger partial charge >= 0.3 is 5.97 Å². The van der Waals surface area contributed by atoms with Gasteiger partial charge in [0.05, 0.1) is 25.2 Å². The zero-order valence-electron chi connectivity index (χ0n) is 12.2. The fraction of sp³-hybridized carbons (Fsp3) is 0.733. The molecule has 3 aliphatic heterocycles. The highest BCUT2D eigenvalue weighted by atomic mass is 16.6. The maximum absolute atomic E-state index is 12.6. The van der Waals surface area contributed by atoms with Gasteiger partial charge in [-0.15, -0.1) is 0 Å². The maximum atomic E-state index is 12.6. The van der Waals surface area contributed by atoms with E-state index in [4.69, 9.17) is 9.47 Å². The van der Waals surface area contributed by atoms with E-state index in [9.17, 15) is 9.59 Å². The monoisotopic (exact) mass is 279 g/mol. The van der Waals surface area contributed by atoms with Crippen molar-refractivity contribution in [1.29, 1.82) is 0 Å². The van der Waals surface area contributed by atoms with Crippen molar-refractivity contribution in [2.24, 2.45) is 17.8 Å². The molecule has 20 heavy (non-hydrogen) atoms. The topological polar surface area (TPSA) is 55.8 Å². The van der Waals surface area contributed by atoms with Crippen LogP contribution in [0.3, 0.4) is 0 Å². The van der Waals surface area contributed by atoms with Crippen molar-refractivity contribution in [3.05, 3.63) is 12.2 Å². The van der Waals surface area contributed by atoms with Crippen LogP contribution in [0.1, 0.15) is 20.8 Å². The van der Waals surface area contributed by atoms with Crippen LogP contribution in [-0.2, 0) is 19.1 Å². The molecule has 0 unspecified atom stereocenters. The van der Waals surface area contributed by atoms with Crippen LogP contribution >= 0.6 is 0 Å². The molecular weight excluding hydrogens is 258 g/mol. The minimum Gasteiger partial charge on any atom is -0.466 e. The van der Waals surface area contributed by atoms with E-state index in [1.54, 1.807) is 6.92 Å². The SMILES string of the molecule is CCOC(=O)[C@@H]1[C@H]2C(=O)N(CC(C)C)C[C@@]23C=C[C@H]1O3. The average molecular weight is 279 g/mol. The van der Waals surface area contributed by atoms with E-state index < -0.39 is 17.4 Å². The number of hydrogen-bond donors (Lipinski definition) is 0. The highest BCUT2D eigenvalue weighted by Gasteiger charge is 2.67. The zero-order chi connectivity index (χ0) is 14.5. The van der Waals surface area contributed by atoms with Crippen LogP contribution in [0.15, 0.2) is 12.2 Å². The van der Waals surface area contributed by atoms with Crippen LogP contribution in [0.5, 0.6) is 0 Å². The zero-order valence-corrected chi connectivity index (χ0v) is 12.2. The Morgan fingerprint density at radius 2 is 2.35 bits per heavy atom. The fourth-order valence-corrected chi connectivity index (χ4v) is 3.68. The van der Waals surface area contributed by atoms with Crippen molar-refractivity contribution in [2.45, 2.75) is 32.5 Å². The molecule has 3 rings (SSSR count). The van der Waals surface area contributed by atoms with Crippen molar-refractivity contribution >= 4 is 11.9 Å². The molecule has 1 spiro atoms. The Balaban J connectivity index is 1.87. The number of carbonyl (C=O) groups is 2. The Kier molecular flexibility index (Phi) is 3.12. The molecule has 1 amide bonds. The molecule has 3 aliphatic rings. The maximum Gasteiger partial charge on any atom is 0.312 e. The van der Waals surface area contributed by atoms with Crippen LogP contribution in [0.25, 0.3) is 0 Å². The van der Waals surface area contributed by atoms with Crippen LogP contribution in [0, 0.1) is 17.8 Å². The average Bonchev–Trinajstić information content (AvgIpc) is 2.98. The van der Waals surface area contributed by atoms with Crippen LogP contribution in [0.4, 0.5) is 0 Å². The van der Waals surface area contributed by atoms with Crippen molar-refractivity contribution in [2.75, 3.05) is 19.7 Å². The van der Waals surface area contributed by atoms with E-state index in [1.165, 1.54) is 0 Å². The number of esters is 1. The van der Waals surface area contributed by atoms with Gasteiger partial charge in [0.1, 0.15) is 11.5 Å². The number of carbonyl (C=O) groups excluding carboxylic acids is 2. The van der Waals surface area contributed by atoms with Gasteiger partial charge in [-0.3, -0.25) is 9.59 Å². The van der Waals surface area contributed by atoms with Crippen molar-refractivity contribution in [3.8, 4) is 0 Å². The van der Waals surface area contributed by atoms with E-state index in [-0.39, 0.29) is 18.0 Å². The summed E-state index contributed by atoms with van der Waals surface area (Å²) in [7, 11) is 0. The van der Waals surface area contributed by atoms with Crippen molar-refractivity contribution < 1.29 is 19.1 Å². The summed E-state index contributed by atoms with van der Waals surface area (Å²) in [6, 6.07) is 0. The first-order chi connectivity index (χ1) is 9.48. The van der Waals surface area contributed by atoms with Gasteiger partial charge in [-0.05, 0) is 12.8 Å². The van der Waals surface area contributed by atoms with Gasteiger partial charge in [0.25, 0.3) is 0 Å². The lowest BCUT2D eigenvalue weighted by Gasteiger charge is -2.22. The van der Waals surface area contributed by atoms with E-state index >= 15 is 0 Å². The van der Waals surface area contributed by atoms with E-state index in [1.807, 2.05) is 17.1 Å². The van der Waals surface area contributed by atoms with Crippen molar-refractivity contribution in [3.63, 3.8) is 0 Å². The Morgan fingerprint density at radius 1 is 1.60 bits per heavy atom. The number of ether oxygens (including phenoxy) is 2. The molecule has 0 radical (unpaired) electrons. The lowest BCUT2D eigenvalue weighted by Crippen LogP contribution is -2.40. The standard InChI is InChI=1S/C15H21NO4/c1-4-19-14(18)11-10-5-6-15(20-10)8-16(7-9(2)3)13(17)12(11)15/h5-6,9-12H,4,7-8H2,1-3H3/t10-,11+,12+,15+/m1/s1. The lowest BCUT2D eigenvalue weighted by molar-refractivity contribution is -0.153. The Labute approximate surface area is 118 Å². The molecule has 5 heteroatoms. The number of nitrogens with zero attached hydrogens (tertiary/aromatic N) is 1. The highest BCUT2D eigenvalue weighted by molar-refractivity contribution is 5.91. The highest BCUT2D eigenvalue weighted by Crippen LogP contribution is 2.52. The number of amides is 1. The molecule has 110 valence electrons. The van der Waals surface area contributed by atoms with E-state index in [0.29, 0.717) is 25.6 Å². The molecule has 0 N–H and O–H groups in total. The van der Waals surface area contributed by atoms with Gasteiger partial charge in [-0.25, -0.2) is 0 Å². The first kappa shape index (κ1) is 13.6. The summed E-state index contributed by atoms with van der Waals surface area (Å²) in [5.41, 5.74) is -0.603. The van der Waals surface area contributed by atoms with Crippen molar-refractivity contribution in [1.82, 2.24) is 4.90 Å². The van der Waals surface area contributed by atoms with Gasteiger partial charge in [0, 0.05) is 6.54 Å². The Bertz CT molecular complexity index is 472. The van der Waals surface area contributed by atoms with Gasteiger partial charge in [0.2, 0.25) is 5.91 Å². The molecule has 0 aromatic heterocycles. The molecule has 2 saturated heterocycles. The van der Waals surface area contributed by atoms with Gasteiger partial charge in [0.15, 0.2) is 0 Å². The van der Waals surface area contributed by atoms with Crippen LogP contribution < -0.4 is 0 Å². The summed E-state index contributed by atoms with van der Waals surface area (Å²) in [6.07, 6.45) is 3.57. The smallest absolute Gasteiger partial charge is 0.312 e. The van der Waals surface area contributed by atoms with E-state index in [2.05, 4.69) is 13.8 Å². The minimum atomic E-state index is -0.603. The number of hydrogen-bond acceptors (Lipinski definition) is 4. The third kappa shape index (κ3) is 1.79. The Hall–Kier alpha value is -1.36. The fourth-order valence-electron chi connectivity index (χ4n) is 3.68. The summed E-state index contributed by atoms with van der Waals surface area (Å²) < 4.78 is 11.1. The molecule has 2 bridgehead atoms. The van der Waals surface area contributed by atoms with Gasteiger partial charge in [-0.2, -0.15) is 0 Å². The largest absolute Gasteiger partial charge is 0.466 e. The van der Waals surface area contributed by atoms with Gasteiger partial charge in [-0.1, -0.05) is 26.0 Å². The normalized spacial score (nSPS) is 37.9. The second-order valence-electron chi connectivity index (χ2n) is 6.26. The quantitative estimate of drug-likeness (QED) is 0.569. The second kappa shape index (κ2) is 4.58. The van der Waals surface area contributed by atoms with Crippen LogP contribution in [0.2, 0.25) is 0 Å². The predicted molar refractivity (Wildman–Crippen MR) is 71.8 cm³/mol. The molecule has 5 nitrogen and oxygen atoms in total. The minimum absolute atomic E-state index is 0.0311. The summed E-state index contributed by atoms with van der Waals surface area (Å²) in [6.45, 7) is 7.52. The number of rotatable bonds is 4. The summed E-state index contributed by atoms with van der Waals surface area (Å²) in [5.74, 6) is -0.770. The van der Waals surface area contributed by atoms with Gasteiger partial charge < -0.3 is 14.4 Å². The van der Waals surface area contributed by atoms with E-state index in [0.717, 1.165) is 0 Å². The lowest BCUT2D eigenvalue weighted by atomic mass is 9.77. The third-order valence-corrected chi connectivity index (χ3v) is 4.32. The molecule has 0 saturated carbocycles. The molecule has 2 fully saturated rings. The second-order valence-corrected chi connectivity index (χ2v) is 6.26. The molecule has 0 aromatic rings. The molecule has 0 aromatic carbocycles. The summed E-state index contributed by atoms with van der Waals surface area (Å²) >= 11 is 0. The molecule has 3 heterocycles. The Morgan fingerprint density at radius 3 is 3.00 bits per heavy atom. The first-order valence-electron chi connectivity index (χ1n) is 7.31. The molecule has 0 aliphatic carbocycles. The predicted octanol–water partition coefficient (Wildman–Crippen LogP) is 0.987. The molecule has 4 atom stereocenters. The summed E-state index contributed by atoms with van der Waals surface area (Å²) in [5, 5.41) is 0.